The average molecular weight is 267 g/mol. The Morgan fingerprint density at radius 3 is 2.37 bits per heavy atom. The third-order valence-corrected chi connectivity index (χ3v) is 4.95. The van der Waals surface area contributed by atoms with Gasteiger partial charge in [0.1, 0.15) is 11.2 Å². The maximum Gasteiger partial charge on any atom is 0.410 e. The van der Waals surface area contributed by atoms with Crippen molar-refractivity contribution in [3.05, 3.63) is 0 Å². The highest BCUT2D eigenvalue weighted by molar-refractivity contribution is 5.68. The Morgan fingerprint density at radius 1 is 1.21 bits per heavy atom. The molecule has 1 atom stereocenters. The van der Waals surface area contributed by atoms with E-state index in [1.54, 1.807) is 0 Å². The van der Waals surface area contributed by atoms with Crippen LogP contribution in [0.3, 0.4) is 0 Å². The zero-order valence-corrected chi connectivity index (χ0v) is 12.3. The lowest BCUT2D eigenvalue weighted by Gasteiger charge is -2.45. The number of rotatable bonds is 0. The van der Waals surface area contributed by atoms with Crippen molar-refractivity contribution in [3.8, 4) is 0 Å². The lowest BCUT2D eigenvalue weighted by Crippen LogP contribution is -2.55. The summed E-state index contributed by atoms with van der Waals surface area (Å²) < 4.78 is 11.3. The quantitative estimate of drug-likeness (QED) is 0.634. The minimum atomic E-state index is -0.412. The number of amides is 1. The summed E-state index contributed by atoms with van der Waals surface area (Å²) in [4.78, 5) is 14.2. The number of epoxide rings is 1. The molecule has 1 saturated carbocycles. The van der Waals surface area contributed by atoms with Gasteiger partial charge in [-0.1, -0.05) is 12.8 Å². The van der Waals surface area contributed by atoms with E-state index in [2.05, 4.69) is 0 Å². The second kappa shape index (κ2) is 4.11. The Hall–Kier alpha value is -0.770. The molecule has 3 rings (SSSR count). The number of hydrogen-bond donors (Lipinski definition) is 0. The van der Waals surface area contributed by atoms with Gasteiger partial charge in [0.2, 0.25) is 0 Å². The fourth-order valence-electron chi connectivity index (χ4n) is 3.85. The topological polar surface area (TPSA) is 42.1 Å². The minimum absolute atomic E-state index is 0.0992. The molecule has 4 heteroatoms. The predicted molar refractivity (Wildman–Crippen MR) is 72.0 cm³/mol. The zero-order valence-electron chi connectivity index (χ0n) is 12.3. The lowest BCUT2D eigenvalue weighted by atomic mass is 9.69. The van der Waals surface area contributed by atoms with E-state index < -0.39 is 5.60 Å². The van der Waals surface area contributed by atoms with Crippen molar-refractivity contribution in [3.63, 3.8) is 0 Å². The third kappa shape index (κ3) is 2.24. The SMILES string of the molecule is CC(C)(C)OC(=O)N1CCC2(CO2)C2(CCCC2)C1. The number of ether oxygens (including phenoxy) is 2. The third-order valence-electron chi connectivity index (χ3n) is 4.95. The summed E-state index contributed by atoms with van der Waals surface area (Å²) in [5.41, 5.74) is -0.102. The summed E-state index contributed by atoms with van der Waals surface area (Å²) in [6, 6.07) is 0. The van der Waals surface area contributed by atoms with Crippen molar-refractivity contribution in [2.45, 2.75) is 64.1 Å². The molecule has 0 aromatic rings. The fourth-order valence-corrected chi connectivity index (χ4v) is 3.85. The highest BCUT2D eigenvalue weighted by Crippen LogP contribution is 2.58. The molecule has 0 bridgehead atoms. The van der Waals surface area contributed by atoms with Crippen molar-refractivity contribution < 1.29 is 14.3 Å². The van der Waals surface area contributed by atoms with Gasteiger partial charge in [0.15, 0.2) is 0 Å². The second-order valence-corrected chi connectivity index (χ2v) is 7.42. The Morgan fingerprint density at radius 2 is 1.84 bits per heavy atom. The smallest absolute Gasteiger partial charge is 0.410 e. The summed E-state index contributed by atoms with van der Waals surface area (Å²) in [7, 11) is 0. The first-order valence-electron chi connectivity index (χ1n) is 7.48. The molecule has 1 amide bonds. The van der Waals surface area contributed by atoms with Gasteiger partial charge in [-0.25, -0.2) is 4.79 Å². The van der Waals surface area contributed by atoms with E-state index in [9.17, 15) is 4.79 Å². The summed E-state index contributed by atoms with van der Waals surface area (Å²) in [5, 5.41) is 0. The molecule has 19 heavy (non-hydrogen) atoms. The van der Waals surface area contributed by atoms with Gasteiger partial charge >= 0.3 is 6.09 Å². The molecule has 2 heterocycles. The summed E-state index contributed by atoms with van der Waals surface area (Å²) in [6.07, 6.45) is 5.76. The molecule has 4 nitrogen and oxygen atoms in total. The number of likely N-dealkylation sites (tertiary alicyclic amines) is 1. The first-order chi connectivity index (χ1) is 8.86. The number of carbonyl (C=O) groups excluding carboxylic acids is 1. The van der Waals surface area contributed by atoms with Gasteiger partial charge in [-0.2, -0.15) is 0 Å². The monoisotopic (exact) mass is 267 g/mol. The van der Waals surface area contributed by atoms with E-state index in [-0.39, 0.29) is 17.1 Å². The van der Waals surface area contributed by atoms with Crippen LogP contribution < -0.4 is 0 Å². The average Bonchev–Trinajstić information content (AvgIpc) is 2.94. The van der Waals surface area contributed by atoms with Crippen molar-refractivity contribution in [1.82, 2.24) is 4.90 Å². The van der Waals surface area contributed by atoms with E-state index in [1.807, 2.05) is 25.7 Å². The van der Waals surface area contributed by atoms with Crippen LogP contribution in [0.1, 0.15) is 52.9 Å². The molecule has 2 aliphatic heterocycles. The van der Waals surface area contributed by atoms with Crippen LogP contribution in [-0.2, 0) is 9.47 Å². The normalized spacial score (nSPS) is 32.9. The molecule has 3 fully saturated rings. The number of nitrogens with zero attached hydrogens (tertiary/aromatic N) is 1. The Bertz CT molecular complexity index is 375. The van der Waals surface area contributed by atoms with Crippen molar-refractivity contribution in [2.24, 2.45) is 5.41 Å². The molecule has 0 aromatic heterocycles. The molecule has 0 aromatic carbocycles. The molecule has 3 aliphatic rings. The standard InChI is InChI=1S/C15H25NO3/c1-13(2,3)19-12(17)16-9-8-15(11-18-15)14(10-16)6-4-5-7-14/h4-11H2,1-3H3. The van der Waals surface area contributed by atoms with Gasteiger partial charge in [-0.3, -0.25) is 0 Å². The van der Waals surface area contributed by atoms with Crippen molar-refractivity contribution in [2.75, 3.05) is 19.7 Å². The molecule has 2 spiro atoms. The number of carbonyl (C=O) groups is 1. The molecular weight excluding hydrogens is 242 g/mol. The Kier molecular flexibility index (Phi) is 2.86. The minimum Gasteiger partial charge on any atom is -0.444 e. The van der Waals surface area contributed by atoms with Gasteiger partial charge in [0.25, 0.3) is 0 Å². The van der Waals surface area contributed by atoms with Crippen LogP contribution in [0.2, 0.25) is 0 Å². The van der Waals surface area contributed by atoms with Crippen LogP contribution in [0, 0.1) is 5.41 Å². The first-order valence-corrected chi connectivity index (χ1v) is 7.48. The number of fused-ring (bicyclic) bond motifs is 1. The van der Waals surface area contributed by atoms with Gasteiger partial charge < -0.3 is 14.4 Å². The maximum absolute atomic E-state index is 12.2. The van der Waals surface area contributed by atoms with Crippen LogP contribution >= 0.6 is 0 Å². The molecule has 0 N–H and O–H groups in total. The van der Waals surface area contributed by atoms with Crippen LogP contribution in [0.15, 0.2) is 0 Å². The number of hydrogen-bond acceptors (Lipinski definition) is 3. The van der Waals surface area contributed by atoms with E-state index in [4.69, 9.17) is 9.47 Å². The van der Waals surface area contributed by atoms with E-state index in [1.165, 1.54) is 25.7 Å². The summed E-state index contributed by atoms with van der Waals surface area (Å²) >= 11 is 0. The molecule has 1 aliphatic carbocycles. The van der Waals surface area contributed by atoms with Gasteiger partial charge in [0, 0.05) is 18.5 Å². The van der Waals surface area contributed by atoms with Crippen LogP contribution in [0.25, 0.3) is 0 Å². The van der Waals surface area contributed by atoms with Gasteiger partial charge in [-0.05, 0) is 40.0 Å². The highest BCUT2D eigenvalue weighted by Gasteiger charge is 2.64. The fraction of sp³-hybridized carbons (Fsp3) is 0.933. The van der Waals surface area contributed by atoms with Gasteiger partial charge in [0.05, 0.1) is 6.61 Å². The highest BCUT2D eigenvalue weighted by atomic mass is 16.6. The predicted octanol–water partition coefficient (Wildman–Crippen LogP) is 2.96. The molecule has 0 radical (unpaired) electrons. The summed E-state index contributed by atoms with van der Waals surface area (Å²) in [5.74, 6) is 0. The zero-order chi connectivity index (χ0) is 13.7. The van der Waals surface area contributed by atoms with E-state index >= 15 is 0 Å². The molecular formula is C15H25NO3. The molecule has 108 valence electrons. The van der Waals surface area contributed by atoms with Crippen LogP contribution in [0.4, 0.5) is 4.79 Å². The Balaban J connectivity index is 1.71. The van der Waals surface area contributed by atoms with Crippen LogP contribution in [0.5, 0.6) is 0 Å². The Labute approximate surface area is 115 Å². The summed E-state index contributed by atoms with van der Waals surface area (Å²) in [6.45, 7) is 8.26. The second-order valence-electron chi connectivity index (χ2n) is 7.42. The molecule has 1 unspecified atom stereocenters. The maximum atomic E-state index is 12.2. The van der Waals surface area contributed by atoms with Crippen molar-refractivity contribution in [1.29, 1.82) is 0 Å². The van der Waals surface area contributed by atoms with Crippen LogP contribution in [-0.4, -0.2) is 41.9 Å². The lowest BCUT2D eigenvalue weighted by molar-refractivity contribution is -0.0225. The molecule has 2 saturated heterocycles. The van der Waals surface area contributed by atoms with E-state index in [0.29, 0.717) is 0 Å². The van der Waals surface area contributed by atoms with Crippen molar-refractivity contribution >= 4 is 6.09 Å². The first kappa shape index (κ1) is 13.2. The largest absolute Gasteiger partial charge is 0.444 e. The van der Waals surface area contributed by atoms with E-state index in [0.717, 1.165) is 26.1 Å². The van der Waals surface area contributed by atoms with Gasteiger partial charge in [-0.15, -0.1) is 0 Å². The number of piperidine rings is 1.